The number of carbonyl (C=O) groups excluding carboxylic acids is 1. The first-order chi connectivity index (χ1) is 11.5. The minimum Gasteiger partial charge on any atom is -0.399 e. The summed E-state index contributed by atoms with van der Waals surface area (Å²) in [6.45, 7) is 0. The van der Waals surface area contributed by atoms with E-state index in [-0.39, 0.29) is 11.5 Å². The Bertz CT molecular complexity index is 859. The Kier molecular flexibility index (Phi) is 4.87. The van der Waals surface area contributed by atoms with Crippen molar-refractivity contribution >= 4 is 34.8 Å². The number of halogens is 1. The molecule has 1 heterocycles. The summed E-state index contributed by atoms with van der Waals surface area (Å²) in [5.41, 5.74) is 7.96. The van der Waals surface area contributed by atoms with Crippen molar-refractivity contribution in [3.63, 3.8) is 0 Å². The maximum atomic E-state index is 12.2. The van der Waals surface area contributed by atoms with Crippen molar-refractivity contribution in [2.24, 2.45) is 7.05 Å². The lowest BCUT2D eigenvalue weighted by Gasteiger charge is -2.04. The number of aromatic nitrogens is 3. The summed E-state index contributed by atoms with van der Waals surface area (Å²) in [5.74, 6) is 1.04. The Morgan fingerprint density at radius 3 is 2.46 bits per heavy atom. The zero-order valence-electron chi connectivity index (χ0n) is 12.9. The summed E-state index contributed by atoms with van der Waals surface area (Å²) in [6, 6.07) is 14.3. The number of nitrogens with two attached hydrogens (primary N) is 1. The molecular weight excluding hydrogens is 344 g/mol. The standard InChI is InChI=1S/C17H15ClN4OS/c1-22-16(12-4-8-14(19)9-5-12)20-21-17(22)24-10-15(23)11-2-6-13(18)7-3-11/h2-9H,10,19H2,1H3. The lowest BCUT2D eigenvalue weighted by molar-refractivity contribution is 0.102. The number of benzene rings is 2. The number of nitrogens with zero attached hydrogens (tertiary/aromatic N) is 3. The van der Waals surface area contributed by atoms with Crippen LogP contribution in [0.15, 0.2) is 53.7 Å². The van der Waals surface area contributed by atoms with Crippen LogP contribution in [-0.4, -0.2) is 26.3 Å². The minimum absolute atomic E-state index is 0.0219. The van der Waals surface area contributed by atoms with Gasteiger partial charge >= 0.3 is 0 Å². The second kappa shape index (κ2) is 7.07. The second-order valence-electron chi connectivity index (χ2n) is 5.21. The smallest absolute Gasteiger partial charge is 0.191 e. The monoisotopic (exact) mass is 358 g/mol. The van der Waals surface area contributed by atoms with Crippen LogP contribution in [0.1, 0.15) is 10.4 Å². The van der Waals surface area contributed by atoms with Crippen molar-refractivity contribution in [3.8, 4) is 11.4 Å². The largest absolute Gasteiger partial charge is 0.399 e. The molecule has 0 saturated heterocycles. The first-order valence-corrected chi connectivity index (χ1v) is 8.58. The molecule has 1 aromatic heterocycles. The molecule has 0 fully saturated rings. The van der Waals surface area contributed by atoms with Crippen LogP contribution in [0.3, 0.4) is 0 Å². The first-order valence-electron chi connectivity index (χ1n) is 7.21. The number of thioether (sulfide) groups is 1. The van der Waals surface area contributed by atoms with Crippen LogP contribution in [0.5, 0.6) is 0 Å². The Morgan fingerprint density at radius 1 is 1.12 bits per heavy atom. The molecule has 122 valence electrons. The molecule has 0 saturated carbocycles. The lowest BCUT2D eigenvalue weighted by atomic mass is 10.1. The summed E-state index contributed by atoms with van der Waals surface area (Å²) < 4.78 is 1.87. The van der Waals surface area contributed by atoms with Crippen LogP contribution in [0.25, 0.3) is 11.4 Å². The van der Waals surface area contributed by atoms with Crippen LogP contribution in [0, 0.1) is 0 Å². The molecule has 0 bridgehead atoms. The summed E-state index contributed by atoms with van der Waals surface area (Å²) in [4.78, 5) is 12.2. The van der Waals surface area contributed by atoms with Gasteiger partial charge in [-0.25, -0.2) is 0 Å². The van der Waals surface area contributed by atoms with E-state index in [9.17, 15) is 4.79 Å². The minimum atomic E-state index is 0.0219. The van der Waals surface area contributed by atoms with E-state index in [0.29, 0.717) is 21.4 Å². The van der Waals surface area contributed by atoms with Gasteiger partial charge in [0.15, 0.2) is 16.8 Å². The van der Waals surface area contributed by atoms with E-state index in [1.165, 1.54) is 11.8 Å². The van der Waals surface area contributed by atoms with Crippen LogP contribution < -0.4 is 5.73 Å². The van der Waals surface area contributed by atoms with Gasteiger partial charge in [0, 0.05) is 28.9 Å². The summed E-state index contributed by atoms with van der Waals surface area (Å²) in [6.07, 6.45) is 0. The normalized spacial score (nSPS) is 10.8. The third kappa shape index (κ3) is 3.60. The fourth-order valence-electron chi connectivity index (χ4n) is 2.17. The average molecular weight is 359 g/mol. The molecule has 0 aliphatic heterocycles. The van der Waals surface area contributed by atoms with Gasteiger partial charge in [-0.1, -0.05) is 23.4 Å². The van der Waals surface area contributed by atoms with E-state index in [0.717, 1.165) is 11.4 Å². The summed E-state index contributed by atoms with van der Waals surface area (Å²) in [7, 11) is 1.88. The highest BCUT2D eigenvalue weighted by molar-refractivity contribution is 7.99. The van der Waals surface area contributed by atoms with Gasteiger partial charge < -0.3 is 10.3 Å². The predicted octanol–water partition coefficient (Wildman–Crippen LogP) is 3.69. The summed E-state index contributed by atoms with van der Waals surface area (Å²) in [5, 5.41) is 9.66. The van der Waals surface area contributed by atoms with Crippen molar-refractivity contribution in [2.75, 3.05) is 11.5 Å². The number of rotatable bonds is 5. The van der Waals surface area contributed by atoms with E-state index in [1.54, 1.807) is 24.3 Å². The van der Waals surface area contributed by atoms with E-state index in [2.05, 4.69) is 10.2 Å². The number of Topliss-reactive ketones (excluding diaryl/α,β-unsaturated/α-hetero) is 1. The molecule has 0 radical (unpaired) electrons. The van der Waals surface area contributed by atoms with Gasteiger partial charge in [0.25, 0.3) is 0 Å². The highest BCUT2D eigenvalue weighted by atomic mass is 35.5. The predicted molar refractivity (Wildman–Crippen MR) is 97.4 cm³/mol. The third-order valence-corrected chi connectivity index (χ3v) is 4.77. The number of carbonyl (C=O) groups is 1. The van der Waals surface area contributed by atoms with Gasteiger partial charge in [-0.3, -0.25) is 4.79 Å². The van der Waals surface area contributed by atoms with E-state index in [4.69, 9.17) is 17.3 Å². The van der Waals surface area contributed by atoms with E-state index >= 15 is 0 Å². The van der Waals surface area contributed by atoms with E-state index in [1.807, 2.05) is 35.9 Å². The zero-order chi connectivity index (χ0) is 17.1. The van der Waals surface area contributed by atoms with Crippen LogP contribution in [0.2, 0.25) is 5.02 Å². The molecule has 24 heavy (non-hydrogen) atoms. The van der Waals surface area contributed by atoms with Gasteiger partial charge in [-0.2, -0.15) is 0 Å². The van der Waals surface area contributed by atoms with Gasteiger partial charge in [0.2, 0.25) is 0 Å². The van der Waals surface area contributed by atoms with Gasteiger partial charge in [0.05, 0.1) is 5.75 Å². The fourth-order valence-corrected chi connectivity index (χ4v) is 3.10. The highest BCUT2D eigenvalue weighted by Gasteiger charge is 2.13. The molecule has 0 amide bonds. The molecule has 7 heteroatoms. The molecule has 3 aromatic rings. The first kappa shape index (κ1) is 16.5. The maximum absolute atomic E-state index is 12.2. The maximum Gasteiger partial charge on any atom is 0.191 e. The Hall–Kier alpha value is -2.31. The molecule has 0 unspecified atom stereocenters. The second-order valence-corrected chi connectivity index (χ2v) is 6.58. The number of ketones is 1. The molecular formula is C17H15ClN4OS. The Balaban J connectivity index is 1.71. The van der Waals surface area contributed by atoms with Crippen molar-refractivity contribution in [1.82, 2.24) is 14.8 Å². The number of hydrogen-bond donors (Lipinski definition) is 1. The molecule has 2 aromatic carbocycles. The van der Waals surface area contributed by atoms with Crippen molar-refractivity contribution in [2.45, 2.75) is 5.16 Å². The number of hydrogen-bond acceptors (Lipinski definition) is 5. The Labute approximate surface area is 148 Å². The quantitative estimate of drug-likeness (QED) is 0.427. The zero-order valence-corrected chi connectivity index (χ0v) is 14.5. The number of anilines is 1. The summed E-state index contributed by atoms with van der Waals surface area (Å²) >= 11 is 7.19. The molecule has 0 atom stereocenters. The Morgan fingerprint density at radius 2 is 1.79 bits per heavy atom. The number of nitrogen functional groups attached to an aromatic ring is 1. The molecule has 0 aliphatic carbocycles. The average Bonchev–Trinajstić information content (AvgIpc) is 2.95. The molecule has 0 spiro atoms. The third-order valence-electron chi connectivity index (χ3n) is 3.50. The van der Waals surface area contributed by atoms with Gasteiger partial charge in [0.1, 0.15) is 0 Å². The van der Waals surface area contributed by atoms with Gasteiger partial charge in [-0.15, -0.1) is 10.2 Å². The molecule has 5 nitrogen and oxygen atoms in total. The molecule has 3 rings (SSSR count). The van der Waals surface area contributed by atoms with Crippen LogP contribution in [-0.2, 0) is 7.05 Å². The fraction of sp³-hybridized carbons (Fsp3) is 0.118. The SMILES string of the molecule is Cn1c(SCC(=O)c2ccc(Cl)cc2)nnc1-c1ccc(N)cc1. The molecule has 0 aliphatic rings. The lowest BCUT2D eigenvalue weighted by Crippen LogP contribution is -2.03. The van der Waals surface area contributed by atoms with Crippen molar-refractivity contribution < 1.29 is 4.79 Å². The van der Waals surface area contributed by atoms with Crippen molar-refractivity contribution in [3.05, 3.63) is 59.1 Å². The molecule has 2 N–H and O–H groups in total. The van der Waals surface area contributed by atoms with Crippen LogP contribution in [0.4, 0.5) is 5.69 Å². The van der Waals surface area contributed by atoms with Crippen LogP contribution >= 0.6 is 23.4 Å². The van der Waals surface area contributed by atoms with Gasteiger partial charge in [-0.05, 0) is 48.5 Å². The van der Waals surface area contributed by atoms with E-state index < -0.39 is 0 Å². The highest BCUT2D eigenvalue weighted by Crippen LogP contribution is 2.24. The topological polar surface area (TPSA) is 73.8 Å². The van der Waals surface area contributed by atoms with Crippen molar-refractivity contribution in [1.29, 1.82) is 0 Å².